The predicted octanol–water partition coefficient (Wildman–Crippen LogP) is 4.22. The first-order valence-corrected chi connectivity index (χ1v) is 9.38. The highest BCUT2D eigenvalue weighted by atomic mass is 35.5. The topological polar surface area (TPSA) is 75.3 Å². The van der Waals surface area contributed by atoms with E-state index in [2.05, 4.69) is 10.0 Å². The quantitative estimate of drug-likeness (QED) is 0.749. The minimum atomic E-state index is -4.00. The van der Waals surface area contributed by atoms with E-state index in [1.165, 1.54) is 30.3 Å². The second-order valence-corrected chi connectivity index (χ2v) is 7.99. The van der Waals surface area contributed by atoms with Crippen LogP contribution in [-0.2, 0) is 14.8 Å². The summed E-state index contributed by atoms with van der Waals surface area (Å²) in [6.07, 6.45) is 0. The van der Waals surface area contributed by atoms with Gasteiger partial charge >= 0.3 is 0 Å². The van der Waals surface area contributed by atoms with Crippen molar-refractivity contribution < 1.29 is 13.2 Å². The number of nitrogens with one attached hydrogen (secondary N) is 2. The van der Waals surface area contributed by atoms with E-state index in [-0.39, 0.29) is 20.0 Å². The molecule has 128 valence electrons. The third kappa shape index (κ3) is 4.99. The summed E-state index contributed by atoms with van der Waals surface area (Å²) >= 11 is 23.3. The van der Waals surface area contributed by atoms with E-state index in [4.69, 9.17) is 46.4 Å². The molecule has 2 rings (SSSR count). The van der Waals surface area contributed by atoms with Crippen LogP contribution in [0.3, 0.4) is 0 Å². The number of sulfonamides is 1. The Morgan fingerprint density at radius 1 is 0.917 bits per heavy atom. The van der Waals surface area contributed by atoms with Crippen LogP contribution in [0.1, 0.15) is 0 Å². The number of benzene rings is 2. The van der Waals surface area contributed by atoms with Crippen molar-refractivity contribution in [3.63, 3.8) is 0 Å². The van der Waals surface area contributed by atoms with Gasteiger partial charge < -0.3 is 5.32 Å². The molecule has 2 aromatic carbocycles. The molecule has 5 nitrogen and oxygen atoms in total. The predicted molar refractivity (Wildman–Crippen MR) is 96.7 cm³/mol. The Bertz CT molecular complexity index is 888. The summed E-state index contributed by atoms with van der Waals surface area (Å²) in [7, 11) is -4.00. The summed E-state index contributed by atoms with van der Waals surface area (Å²) in [6, 6.07) is 8.50. The zero-order valence-corrected chi connectivity index (χ0v) is 15.7. The highest BCUT2D eigenvalue weighted by molar-refractivity contribution is 7.89. The van der Waals surface area contributed by atoms with E-state index in [1.54, 1.807) is 6.07 Å². The average Bonchev–Trinajstić information content (AvgIpc) is 2.50. The average molecular weight is 428 g/mol. The van der Waals surface area contributed by atoms with Gasteiger partial charge in [0, 0.05) is 10.0 Å². The maximum absolute atomic E-state index is 12.2. The van der Waals surface area contributed by atoms with Crippen LogP contribution in [0.2, 0.25) is 20.1 Å². The summed E-state index contributed by atoms with van der Waals surface area (Å²) in [5.74, 6) is -0.610. The Hall–Kier alpha value is -1.02. The van der Waals surface area contributed by atoms with Gasteiger partial charge in [-0.05, 0) is 36.4 Å². The normalized spacial score (nSPS) is 11.3. The molecule has 0 aliphatic rings. The lowest BCUT2D eigenvalue weighted by molar-refractivity contribution is -0.115. The van der Waals surface area contributed by atoms with Gasteiger partial charge in [-0.3, -0.25) is 4.79 Å². The minimum absolute atomic E-state index is 0.00643. The van der Waals surface area contributed by atoms with Crippen molar-refractivity contribution in [2.45, 2.75) is 4.90 Å². The van der Waals surface area contributed by atoms with Gasteiger partial charge in [-0.1, -0.05) is 46.4 Å². The van der Waals surface area contributed by atoms with Crippen molar-refractivity contribution in [2.24, 2.45) is 0 Å². The number of halogens is 4. The molecule has 0 saturated carbocycles. The molecule has 24 heavy (non-hydrogen) atoms. The summed E-state index contributed by atoms with van der Waals surface area (Å²) < 4.78 is 26.5. The molecular formula is C14H10Cl4N2O3S. The monoisotopic (exact) mass is 426 g/mol. The van der Waals surface area contributed by atoms with E-state index in [0.717, 1.165) is 0 Å². The molecule has 0 spiro atoms. The lowest BCUT2D eigenvalue weighted by Gasteiger charge is -2.10. The van der Waals surface area contributed by atoms with Crippen LogP contribution in [-0.4, -0.2) is 20.9 Å². The molecule has 0 bridgehead atoms. The number of anilines is 1. The second kappa shape index (κ2) is 7.91. The third-order valence-corrected chi connectivity index (χ3v) is 5.48. The van der Waals surface area contributed by atoms with Crippen molar-refractivity contribution in [3.8, 4) is 0 Å². The molecule has 1 amide bonds. The molecule has 0 aliphatic carbocycles. The smallest absolute Gasteiger partial charge is 0.242 e. The first-order valence-electron chi connectivity index (χ1n) is 6.38. The fourth-order valence-corrected chi connectivity index (χ4v) is 3.90. The van der Waals surface area contributed by atoms with Gasteiger partial charge in [0.05, 0.1) is 22.3 Å². The second-order valence-electron chi connectivity index (χ2n) is 4.57. The van der Waals surface area contributed by atoms with Crippen molar-refractivity contribution in [1.82, 2.24) is 4.72 Å². The number of carbonyl (C=O) groups is 1. The van der Waals surface area contributed by atoms with E-state index >= 15 is 0 Å². The van der Waals surface area contributed by atoms with Crippen molar-refractivity contribution in [1.29, 1.82) is 0 Å². The van der Waals surface area contributed by atoms with Gasteiger partial charge in [0.25, 0.3) is 0 Å². The van der Waals surface area contributed by atoms with Crippen molar-refractivity contribution in [3.05, 3.63) is 56.5 Å². The first kappa shape index (κ1) is 19.3. The molecule has 0 unspecified atom stereocenters. The lowest BCUT2D eigenvalue weighted by Crippen LogP contribution is -2.33. The Morgan fingerprint density at radius 3 is 2.21 bits per heavy atom. The van der Waals surface area contributed by atoms with E-state index in [1.807, 2.05) is 0 Å². The molecule has 0 atom stereocenters. The highest BCUT2D eigenvalue weighted by Gasteiger charge is 2.19. The van der Waals surface area contributed by atoms with Crippen LogP contribution in [0.5, 0.6) is 0 Å². The maximum atomic E-state index is 12.2. The standard InChI is InChI=1S/C14H10Cl4N2O3S/c15-8-2-4-12(11(18)5-8)20-14(21)7-19-24(22,23)13-6-9(16)1-3-10(13)17/h1-6,19H,7H2,(H,20,21). The van der Waals surface area contributed by atoms with E-state index in [0.29, 0.717) is 10.7 Å². The molecule has 10 heteroatoms. The number of hydrogen-bond acceptors (Lipinski definition) is 3. The summed E-state index contributed by atoms with van der Waals surface area (Å²) in [6.45, 7) is -0.510. The molecule has 2 N–H and O–H groups in total. The summed E-state index contributed by atoms with van der Waals surface area (Å²) in [5, 5.41) is 3.32. The Labute approximate surface area is 158 Å². The summed E-state index contributed by atoms with van der Waals surface area (Å²) in [5.41, 5.74) is 0.311. The van der Waals surface area contributed by atoms with Crippen LogP contribution in [0.15, 0.2) is 41.3 Å². The van der Waals surface area contributed by atoms with Crippen LogP contribution >= 0.6 is 46.4 Å². The maximum Gasteiger partial charge on any atom is 0.242 e. The molecule has 0 saturated heterocycles. The number of carbonyl (C=O) groups excluding carboxylic acids is 1. The number of rotatable bonds is 5. The molecule has 0 fully saturated rings. The van der Waals surface area contributed by atoms with Crippen molar-refractivity contribution in [2.75, 3.05) is 11.9 Å². The lowest BCUT2D eigenvalue weighted by atomic mass is 10.3. The van der Waals surface area contributed by atoms with Gasteiger partial charge in [0.15, 0.2) is 0 Å². The Kier molecular flexibility index (Phi) is 6.36. The van der Waals surface area contributed by atoms with Crippen LogP contribution in [0.25, 0.3) is 0 Å². The molecular weight excluding hydrogens is 418 g/mol. The number of hydrogen-bond donors (Lipinski definition) is 2. The van der Waals surface area contributed by atoms with Gasteiger partial charge in [0.2, 0.25) is 15.9 Å². The largest absolute Gasteiger partial charge is 0.324 e. The third-order valence-electron chi connectivity index (χ3n) is 2.81. The van der Waals surface area contributed by atoms with Gasteiger partial charge in [-0.25, -0.2) is 13.1 Å². The first-order chi connectivity index (χ1) is 11.2. The Morgan fingerprint density at radius 2 is 1.54 bits per heavy atom. The van der Waals surface area contributed by atoms with Crippen molar-refractivity contribution >= 4 is 68.0 Å². The molecule has 0 heterocycles. The van der Waals surface area contributed by atoms with Gasteiger partial charge in [-0.15, -0.1) is 0 Å². The highest BCUT2D eigenvalue weighted by Crippen LogP contribution is 2.26. The SMILES string of the molecule is O=C(CNS(=O)(=O)c1cc(Cl)ccc1Cl)Nc1ccc(Cl)cc1Cl. The minimum Gasteiger partial charge on any atom is -0.324 e. The fourth-order valence-electron chi connectivity index (χ4n) is 1.71. The zero-order valence-electron chi connectivity index (χ0n) is 11.8. The number of amides is 1. The zero-order chi connectivity index (χ0) is 17.9. The van der Waals surface area contributed by atoms with Crippen LogP contribution < -0.4 is 10.0 Å². The molecule has 0 aliphatic heterocycles. The van der Waals surface area contributed by atoms with E-state index in [9.17, 15) is 13.2 Å². The van der Waals surface area contributed by atoms with Crippen LogP contribution in [0, 0.1) is 0 Å². The van der Waals surface area contributed by atoms with Gasteiger partial charge in [-0.2, -0.15) is 0 Å². The van der Waals surface area contributed by atoms with E-state index < -0.39 is 22.5 Å². The molecule has 0 aromatic heterocycles. The fraction of sp³-hybridized carbons (Fsp3) is 0.0714. The summed E-state index contributed by atoms with van der Waals surface area (Å²) in [4.78, 5) is 11.7. The molecule has 2 aromatic rings. The molecule has 0 radical (unpaired) electrons. The van der Waals surface area contributed by atoms with Gasteiger partial charge in [0.1, 0.15) is 4.90 Å². The Balaban J connectivity index is 2.06. The van der Waals surface area contributed by atoms with Crippen LogP contribution in [0.4, 0.5) is 5.69 Å².